The van der Waals surface area contributed by atoms with Gasteiger partial charge < -0.3 is 25.1 Å². The van der Waals surface area contributed by atoms with Crippen LogP contribution in [0.25, 0.3) is 0 Å². The van der Waals surface area contributed by atoms with Gasteiger partial charge in [-0.25, -0.2) is 0 Å². The van der Waals surface area contributed by atoms with Crippen LogP contribution in [0, 0.1) is 0 Å². The van der Waals surface area contributed by atoms with Crippen molar-refractivity contribution in [2.75, 3.05) is 13.2 Å². The molecule has 19 heavy (non-hydrogen) atoms. The summed E-state index contributed by atoms with van der Waals surface area (Å²) in [5.41, 5.74) is 5.61. The van der Waals surface area contributed by atoms with Gasteiger partial charge in [-0.3, -0.25) is 0 Å². The van der Waals surface area contributed by atoms with E-state index in [1.54, 1.807) is 6.92 Å². The lowest BCUT2D eigenvalue weighted by atomic mass is 9.94. The van der Waals surface area contributed by atoms with E-state index in [4.69, 9.17) is 19.9 Å². The molecule has 1 aliphatic heterocycles. The summed E-state index contributed by atoms with van der Waals surface area (Å²) in [6, 6.07) is 0. The number of nitrogens with two attached hydrogens (primary N) is 1. The van der Waals surface area contributed by atoms with E-state index < -0.39 is 17.5 Å². The first kappa shape index (κ1) is 16.6. The molecule has 0 radical (unpaired) electrons. The molecule has 5 heteroatoms. The molecule has 0 aliphatic carbocycles. The SMILES string of the molecule is C=C([C@H]1COC(C)(C)O1)C(C)(C)O[C@@H](C)[C@@H](O)CN. The molecule has 0 aromatic heterocycles. The fourth-order valence-corrected chi connectivity index (χ4v) is 2.06. The molecule has 0 unspecified atom stereocenters. The summed E-state index contributed by atoms with van der Waals surface area (Å²) in [6.45, 7) is 14.0. The van der Waals surface area contributed by atoms with Crippen LogP contribution < -0.4 is 5.73 Å². The van der Waals surface area contributed by atoms with Crippen molar-refractivity contribution >= 4 is 0 Å². The lowest BCUT2D eigenvalue weighted by Gasteiger charge is -2.35. The number of hydrogen-bond acceptors (Lipinski definition) is 5. The highest BCUT2D eigenvalue weighted by molar-refractivity contribution is 5.17. The predicted octanol–water partition coefficient (Wildman–Crippen LogP) is 1.20. The van der Waals surface area contributed by atoms with Gasteiger partial charge in [0, 0.05) is 6.54 Å². The second kappa shape index (κ2) is 5.89. The van der Waals surface area contributed by atoms with Crippen LogP contribution in [0.15, 0.2) is 12.2 Å². The van der Waals surface area contributed by atoms with E-state index >= 15 is 0 Å². The van der Waals surface area contributed by atoms with Crippen LogP contribution in [0.1, 0.15) is 34.6 Å². The Morgan fingerprint density at radius 2 is 2.16 bits per heavy atom. The van der Waals surface area contributed by atoms with E-state index in [2.05, 4.69) is 6.58 Å². The average Bonchev–Trinajstić information content (AvgIpc) is 2.66. The predicted molar refractivity (Wildman–Crippen MR) is 73.7 cm³/mol. The minimum atomic E-state index is -0.690. The number of aliphatic hydroxyl groups is 1. The number of hydrogen-bond donors (Lipinski definition) is 2. The van der Waals surface area contributed by atoms with Crippen LogP contribution in [0.4, 0.5) is 0 Å². The molecular formula is C14H27NO4. The van der Waals surface area contributed by atoms with Crippen molar-refractivity contribution < 1.29 is 19.3 Å². The quantitative estimate of drug-likeness (QED) is 0.711. The summed E-state index contributed by atoms with van der Waals surface area (Å²) >= 11 is 0. The third-order valence-electron chi connectivity index (χ3n) is 3.43. The Morgan fingerprint density at radius 3 is 2.58 bits per heavy atom. The van der Waals surface area contributed by atoms with Gasteiger partial charge in [0.15, 0.2) is 5.79 Å². The van der Waals surface area contributed by atoms with E-state index in [0.717, 1.165) is 5.57 Å². The van der Waals surface area contributed by atoms with Crippen molar-refractivity contribution in [1.82, 2.24) is 0 Å². The van der Waals surface area contributed by atoms with E-state index in [0.29, 0.717) is 6.61 Å². The molecule has 1 fully saturated rings. The van der Waals surface area contributed by atoms with Gasteiger partial charge in [-0.2, -0.15) is 0 Å². The van der Waals surface area contributed by atoms with E-state index in [1.807, 2.05) is 27.7 Å². The Bertz CT molecular complexity index is 327. The topological polar surface area (TPSA) is 73.9 Å². The van der Waals surface area contributed by atoms with Crippen LogP contribution in [-0.2, 0) is 14.2 Å². The monoisotopic (exact) mass is 273 g/mol. The van der Waals surface area contributed by atoms with Crippen LogP contribution in [0.5, 0.6) is 0 Å². The summed E-state index contributed by atoms with van der Waals surface area (Å²) in [7, 11) is 0. The minimum Gasteiger partial charge on any atom is -0.389 e. The Morgan fingerprint density at radius 1 is 1.58 bits per heavy atom. The van der Waals surface area contributed by atoms with Gasteiger partial charge in [0.25, 0.3) is 0 Å². The number of rotatable bonds is 6. The molecule has 1 saturated heterocycles. The smallest absolute Gasteiger partial charge is 0.163 e. The maximum Gasteiger partial charge on any atom is 0.163 e. The molecule has 0 bridgehead atoms. The highest BCUT2D eigenvalue weighted by atomic mass is 16.7. The summed E-state index contributed by atoms with van der Waals surface area (Å²) in [4.78, 5) is 0. The summed E-state index contributed by atoms with van der Waals surface area (Å²) in [6.07, 6.45) is -1.26. The van der Waals surface area contributed by atoms with Crippen molar-refractivity contribution in [3.63, 3.8) is 0 Å². The normalized spacial score (nSPS) is 26.2. The molecule has 0 spiro atoms. The largest absolute Gasteiger partial charge is 0.389 e. The van der Waals surface area contributed by atoms with Gasteiger partial charge in [0.05, 0.1) is 24.4 Å². The van der Waals surface area contributed by atoms with Gasteiger partial charge in [-0.1, -0.05) is 6.58 Å². The third kappa shape index (κ3) is 4.26. The van der Waals surface area contributed by atoms with Crippen molar-refractivity contribution in [2.45, 2.75) is 64.3 Å². The van der Waals surface area contributed by atoms with Crippen LogP contribution in [0.3, 0.4) is 0 Å². The first-order valence-corrected chi connectivity index (χ1v) is 6.66. The molecule has 0 aromatic rings. The first-order chi connectivity index (χ1) is 8.59. The molecule has 1 aliphatic rings. The fourth-order valence-electron chi connectivity index (χ4n) is 2.06. The zero-order valence-corrected chi connectivity index (χ0v) is 12.6. The highest BCUT2D eigenvalue weighted by Gasteiger charge is 2.40. The number of ether oxygens (including phenoxy) is 3. The molecule has 3 atom stereocenters. The highest BCUT2D eigenvalue weighted by Crippen LogP contribution is 2.33. The molecule has 1 heterocycles. The Hall–Kier alpha value is -0.460. The summed E-state index contributed by atoms with van der Waals surface area (Å²) in [5, 5.41) is 9.68. The molecular weight excluding hydrogens is 246 g/mol. The maximum absolute atomic E-state index is 9.68. The second-order valence-electron chi connectivity index (χ2n) is 5.98. The third-order valence-corrected chi connectivity index (χ3v) is 3.43. The Balaban J connectivity index is 2.64. The summed E-state index contributed by atoms with van der Waals surface area (Å²) in [5.74, 6) is -0.591. The summed E-state index contributed by atoms with van der Waals surface area (Å²) < 4.78 is 17.2. The number of aliphatic hydroxyl groups excluding tert-OH is 1. The van der Waals surface area contributed by atoms with Gasteiger partial charge in [0.2, 0.25) is 0 Å². The molecule has 3 N–H and O–H groups in total. The first-order valence-electron chi connectivity index (χ1n) is 6.66. The van der Waals surface area contributed by atoms with Gasteiger partial charge in [0.1, 0.15) is 6.10 Å². The van der Waals surface area contributed by atoms with Crippen LogP contribution >= 0.6 is 0 Å². The van der Waals surface area contributed by atoms with Gasteiger partial charge in [-0.15, -0.1) is 0 Å². The Kier molecular flexibility index (Phi) is 5.15. The molecule has 112 valence electrons. The van der Waals surface area contributed by atoms with Crippen LogP contribution in [-0.4, -0.2) is 48.0 Å². The lowest BCUT2D eigenvalue weighted by Crippen LogP contribution is -2.42. The average molecular weight is 273 g/mol. The van der Waals surface area contributed by atoms with Crippen molar-refractivity contribution in [3.05, 3.63) is 12.2 Å². The van der Waals surface area contributed by atoms with Gasteiger partial charge >= 0.3 is 0 Å². The maximum atomic E-state index is 9.68. The molecule has 0 amide bonds. The van der Waals surface area contributed by atoms with Crippen molar-refractivity contribution in [3.8, 4) is 0 Å². The fraction of sp³-hybridized carbons (Fsp3) is 0.857. The van der Waals surface area contributed by atoms with Crippen molar-refractivity contribution in [2.24, 2.45) is 5.73 Å². The lowest BCUT2D eigenvalue weighted by molar-refractivity contribution is -0.141. The molecule has 0 aromatic carbocycles. The van der Waals surface area contributed by atoms with Gasteiger partial charge in [-0.05, 0) is 40.2 Å². The zero-order chi connectivity index (χ0) is 14.8. The standard InChI is InChI=1S/C14H27NO4/c1-9(12-8-17-14(5,6)19-12)13(3,4)18-10(2)11(16)7-15/h10-12,16H,1,7-8,15H2,2-6H3/t10-,11-,12+/m0/s1. The molecule has 1 rings (SSSR count). The van der Waals surface area contributed by atoms with E-state index in [1.165, 1.54) is 0 Å². The molecule has 0 saturated carbocycles. The van der Waals surface area contributed by atoms with E-state index in [9.17, 15) is 5.11 Å². The van der Waals surface area contributed by atoms with Crippen molar-refractivity contribution in [1.29, 1.82) is 0 Å². The van der Waals surface area contributed by atoms with E-state index in [-0.39, 0.29) is 18.8 Å². The Labute approximate surface area is 115 Å². The molecule has 5 nitrogen and oxygen atoms in total. The second-order valence-corrected chi connectivity index (χ2v) is 5.98. The minimum absolute atomic E-state index is 0.166. The zero-order valence-electron chi connectivity index (χ0n) is 12.6. The van der Waals surface area contributed by atoms with Crippen LogP contribution in [0.2, 0.25) is 0 Å².